The van der Waals surface area contributed by atoms with E-state index in [2.05, 4.69) is 31.9 Å². The van der Waals surface area contributed by atoms with Crippen LogP contribution in [0.3, 0.4) is 0 Å². The molecule has 5 unspecified atom stereocenters. The number of aliphatic hydroxyl groups is 3. The van der Waals surface area contributed by atoms with Gasteiger partial charge in [-0.1, -0.05) is 5.57 Å². The van der Waals surface area contributed by atoms with E-state index in [0.29, 0.717) is 20.8 Å². The number of nitrogens with one attached hydrogen (secondary N) is 6. The summed E-state index contributed by atoms with van der Waals surface area (Å²) in [7, 11) is 0. The molecule has 322 valence electrons. The summed E-state index contributed by atoms with van der Waals surface area (Å²) < 4.78 is 0. The van der Waals surface area contributed by atoms with Crippen LogP contribution in [0.15, 0.2) is 11.6 Å². The summed E-state index contributed by atoms with van der Waals surface area (Å²) in [6.07, 6.45) is 0.0783. The Bertz CT molecular complexity index is 1460. The molecule has 0 saturated carbocycles. The number of rotatable bonds is 17. The van der Waals surface area contributed by atoms with Crippen molar-refractivity contribution >= 4 is 53.2 Å². The predicted octanol–water partition coefficient (Wildman–Crippen LogP) is -5.11. The number of carbonyl (C=O) groups excluding carboxylic acids is 9. The molecule has 0 bridgehead atoms. The zero-order valence-corrected chi connectivity index (χ0v) is 32.1. The Morgan fingerprint density at radius 3 is 1.35 bits per heavy atom. The molecule has 12 N–H and O–H groups in total. The average molecular weight is 818 g/mol. The molecule has 9 amide bonds. The van der Waals surface area contributed by atoms with E-state index in [4.69, 9.17) is 5.11 Å². The third-order valence-corrected chi connectivity index (χ3v) is 8.42. The van der Waals surface area contributed by atoms with E-state index in [9.17, 15) is 69.0 Å². The molecule has 1 aliphatic rings. The minimum atomic E-state index is -1.76. The Labute approximate surface area is 327 Å². The highest BCUT2D eigenvalue weighted by molar-refractivity contribution is 5.97. The fourth-order valence-electron chi connectivity index (χ4n) is 5.11. The van der Waals surface area contributed by atoms with Crippen molar-refractivity contribution in [1.29, 1.82) is 0 Å². The van der Waals surface area contributed by atoms with Crippen LogP contribution in [0.2, 0.25) is 0 Å². The first-order chi connectivity index (χ1) is 26.8. The molecule has 0 aromatic carbocycles. The molecule has 1 heterocycles. The molecule has 1 saturated heterocycles. The van der Waals surface area contributed by atoms with Crippen LogP contribution in [0.5, 0.6) is 0 Å². The summed E-state index contributed by atoms with van der Waals surface area (Å²) in [6.45, 7) is -0.310. The van der Waals surface area contributed by atoms with E-state index in [1.165, 1.54) is 0 Å². The summed E-state index contributed by atoms with van der Waals surface area (Å²) in [6, 6.07) is -8.03. The van der Waals surface area contributed by atoms with E-state index in [1.54, 1.807) is 6.92 Å². The lowest BCUT2D eigenvalue weighted by molar-refractivity contribution is -0.163. The van der Waals surface area contributed by atoms with Crippen LogP contribution < -0.4 is 31.9 Å². The Morgan fingerprint density at radius 2 is 0.947 bits per heavy atom. The molecule has 0 aromatic heterocycles. The van der Waals surface area contributed by atoms with Gasteiger partial charge in [0.2, 0.25) is 47.3 Å². The zero-order chi connectivity index (χ0) is 43.2. The molecule has 0 aliphatic carbocycles. The van der Waals surface area contributed by atoms with Gasteiger partial charge >= 0.3 is 0 Å². The first-order valence-corrected chi connectivity index (χ1v) is 18.1. The van der Waals surface area contributed by atoms with E-state index in [1.807, 2.05) is 0 Å². The molecule has 0 aromatic rings. The number of amides is 9. The minimum Gasteiger partial charge on any atom is -0.396 e. The molecule has 1 fully saturated rings. The summed E-state index contributed by atoms with van der Waals surface area (Å²) in [5, 5.41) is 73.5. The molecule has 24 nitrogen and oxygen atoms in total. The first kappa shape index (κ1) is 49.7. The van der Waals surface area contributed by atoms with Gasteiger partial charge in [-0.25, -0.2) is 15.2 Å². The van der Waals surface area contributed by atoms with Gasteiger partial charge in [-0.15, -0.1) is 0 Å². The lowest BCUT2D eigenvalue weighted by Crippen LogP contribution is -2.61. The fraction of sp³-hybridized carbons (Fsp3) is 0.667. The zero-order valence-electron chi connectivity index (χ0n) is 32.1. The van der Waals surface area contributed by atoms with Gasteiger partial charge in [-0.3, -0.25) is 58.8 Å². The van der Waals surface area contributed by atoms with Gasteiger partial charge in [0.1, 0.15) is 30.2 Å². The van der Waals surface area contributed by atoms with Gasteiger partial charge in [0.25, 0.3) is 5.91 Å². The molecule has 1 rings (SSSR count). The number of hydrogen-bond donors (Lipinski definition) is 12. The monoisotopic (exact) mass is 817 g/mol. The molecule has 0 radical (unpaired) electrons. The first-order valence-electron chi connectivity index (χ1n) is 18.1. The van der Waals surface area contributed by atoms with Gasteiger partial charge in [-0.05, 0) is 51.9 Å². The quantitative estimate of drug-likeness (QED) is 0.0371. The second kappa shape index (κ2) is 25.8. The lowest BCUT2D eigenvalue weighted by Gasteiger charge is -2.28. The highest BCUT2D eigenvalue weighted by Gasteiger charge is 2.33. The summed E-state index contributed by atoms with van der Waals surface area (Å²) in [5.74, 6) is -8.53. The highest BCUT2D eigenvalue weighted by Crippen LogP contribution is 2.09. The lowest BCUT2D eigenvalue weighted by atomic mass is 10.0. The smallest absolute Gasteiger partial charge is 0.269 e. The molecule has 5 atom stereocenters. The topological polar surface area (TPSA) is 357 Å². The Kier molecular flexibility index (Phi) is 22.5. The van der Waals surface area contributed by atoms with Crippen molar-refractivity contribution in [1.82, 2.24) is 47.1 Å². The van der Waals surface area contributed by atoms with Gasteiger partial charge in [-0.2, -0.15) is 0 Å². The Balaban J connectivity index is 3.59. The number of aliphatic hydroxyl groups excluding tert-OH is 3. The van der Waals surface area contributed by atoms with Crippen LogP contribution in [-0.4, -0.2) is 176 Å². The van der Waals surface area contributed by atoms with Crippen LogP contribution in [0.4, 0.5) is 0 Å². The largest absolute Gasteiger partial charge is 0.396 e. The summed E-state index contributed by atoms with van der Waals surface area (Å²) in [5.41, 5.74) is 0.459. The van der Waals surface area contributed by atoms with E-state index in [0.717, 1.165) is 19.9 Å². The van der Waals surface area contributed by atoms with Crippen molar-refractivity contribution in [2.24, 2.45) is 0 Å². The van der Waals surface area contributed by atoms with E-state index >= 15 is 0 Å². The van der Waals surface area contributed by atoms with Crippen molar-refractivity contribution in [3.05, 3.63) is 11.6 Å². The number of hydrogen-bond acceptors (Lipinski definition) is 15. The van der Waals surface area contributed by atoms with Crippen molar-refractivity contribution in [2.45, 2.75) is 95.9 Å². The molecule has 24 heteroatoms. The maximum absolute atomic E-state index is 13.8. The van der Waals surface area contributed by atoms with Gasteiger partial charge in [0, 0.05) is 46.2 Å². The average Bonchev–Trinajstić information content (AvgIpc) is 3.15. The molecule has 57 heavy (non-hydrogen) atoms. The number of hydroxylamine groups is 6. The van der Waals surface area contributed by atoms with Crippen LogP contribution in [-0.2, 0) is 43.2 Å². The van der Waals surface area contributed by atoms with Gasteiger partial charge < -0.3 is 47.2 Å². The standard InChI is InChI=1S/C33H55N9O15/c1-19(10-14-43)15-28(49)42(57)13-6-9-24-32(53)39-26(18-45)33(54)38-25(17-44)29(50)34-16-27(48)35-22(7-4-11-40(55)20(2)46)30(51)36-23(31(52)37-24)8-5-12-41(56)21(3)47/h15,22-26,43-45,55-57H,4-14,16-18H2,1-3H3,(H,34,50)(H,35,48)(H,36,51)(H,37,52)(H,38,54)(H,39,53). The molecule has 1 aliphatic heterocycles. The fourth-order valence-corrected chi connectivity index (χ4v) is 5.11. The van der Waals surface area contributed by atoms with Crippen molar-refractivity contribution in [2.75, 3.05) is 46.0 Å². The third-order valence-electron chi connectivity index (χ3n) is 8.42. The highest BCUT2D eigenvalue weighted by atomic mass is 16.5. The third kappa shape index (κ3) is 18.5. The summed E-state index contributed by atoms with van der Waals surface area (Å²) in [4.78, 5) is 115. The normalized spacial score (nSPS) is 21.7. The second-order valence-electron chi connectivity index (χ2n) is 13.1. The molecular weight excluding hydrogens is 762 g/mol. The minimum absolute atomic E-state index is 0.0657. The summed E-state index contributed by atoms with van der Waals surface area (Å²) >= 11 is 0. The molecular formula is C33H55N9O15. The maximum atomic E-state index is 13.8. The van der Waals surface area contributed by atoms with Gasteiger partial charge in [0.15, 0.2) is 0 Å². The molecule has 0 spiro atoms. The van der Waals surface area contributed by atoms with Gasteiger partial charge in [0.05, 0.1) is 19.8 Å². The second-order valence-corrected chi connectivity index (χ2v) is 13.1. The number of nitrogens with zero attached hydrogens (tertiary/aromatic N) is 3. The van der Waals surface area contributed by atoms with Crippen molar-refractivity contribution in [3.8, 4) is 0 Å². The van der Waals surface area contributed by atoms with Crippen LogP contribution in [0.25, 0.3) is 0 Å². The Morgan fingerprint density at radius 1 is 0.579 bits per heavy atom. The van der Waals surface area contributed by atoms with Crippen LogP contribution in [0, 0.1) is 0 Å². The van der Waals surface area contributed by atoms with Crippen LogP contribution in [0.1, 0.15) is 65.7 Å². The van der Waals surface area contributed by atoms with Crippen LogP contribution >= 0.6 is 0 Å². The van der Waals surface area contributed by atoms with Crippen molar-refractivity contribution < 1.29 is 74.1 Å². The van der Waals surface area contributed by atoms with Crippen molar-refractivity contribution in [3.63, 3.8) is 0 Å². The SMILES string of the molecule is CC(=O)N(O)CCCC1NC(=O)CNC(=O)C(CO)NC(=O)C(CO)NC(=O)C(CCCN(O)C(=O)C=C(C)CCO)NC(=O)C(CCCN(O)C(C)=O)NC1=O. The predicted molar refractivity (Wildman–Crippen MR) is 192 cm³/mol. The Hall–Kier alpha value is -5.27. The van der Waals surface area contributed by atoms with E-state index in [-0.39, 0.29) is 71.2 Å². The van der Waals surface area contributed by atoms with E-state index < -0.39 is 103 Å². The maximum Gasteiger partial charge on any atom is 0.269 e. The number of carbonyl (C=O) groups is 9.